The summed E-state index contributed by atoms with van der Waals surface area (Å²) in [6.45, 7) is 11.7. The maximum Gasteiger partial charge on any atom is 0.0250 e. The zero-order valence-corrected chi connectivity index (χ0v) is 13.8. The van der Waals surface area contributed by atoms with E-state index >= 15 is 0 Å². The molecular formula is C16H35N3. The summed E-state index contributed by atoms with van der Waals surface area (Å²) < 4.78 is 0. The highest BCUT2D eigenvalue weighted by molar-refractivity contribution is 4.90. The van der Waals surface area contributed by atoms with Gasteiger partial charge in [0, 0.05) is 31.7 Å². The molecule has 1 rings (SSSR count). The van der Waals surface area contributed by atoms with Gasteiger partial charge in [-0.2, -0.15) is 0 Å². The molecule has 114 valence electrons. The SMILES string of the molecule is CCCNC1CCCC1N(CCN(C)C)CC(C)C. The van der Waals surface area contributed by atoms with Gasteiger partial charge in [-0.3, -0.25) is 4.90 Å². The molecule has 0 saturated heterocycles. The minimum Gasteiger partial charge on any atom is -0.312 e. The normalized spacial score (nSPS) is 24.0. The van der Waals surface area contributed by atoms with Crippen molar-refractivity contribution in [3.63, 3.8) is 0 Å². The van der Waals surface area contributed by atoms with Crippen molar-refractivity contribution in [2.75, 3.05) is 40.3 Å². The quantitative estimate of drug-likeness (QED) is 0.693. The molecule has 1 saturated carbocycles. The van der Waals surface area contributed by atoms with Crippen LogP contribution >= 0.6 is 0 Å². The van der Waals surface area contributed by atoms with Gasteiger partial charge in [0.1, 0.15) is 0 Å². The van der Waals surface area contributed by atoms with E-state index in [0.29, 0.717) is 0 Å². The van der Waals surface area contributed by atoms with Gasteiger partial charge in [-0.05, 0) is 45.8 Å². The van der Waals surface area contributed by atoms with Crippen molar-refractivity contribution in [1.29, 1.82) is 0 Å². The van der Waals surface area contributed by atoms with Crippen molar-refractivity contribution in [3.05, 3.63) is 0 Å². The lowest BCUT2D eigenvalue weighted by molar-refractivity contribution is 0.142. The van der Waals surface area contributed by atoms with Crippen LogP contribution in [-0.4, -0.2) is 62.2 Å². The summed E-state index contributed by atoms with van der Waals surface area (Å²) in [5, 5.41) is 3.77. The van der Waals surface area contributed by atoms with Crippen LogP contribution in [0.4, 0.5) is 0 Å². The molecule has 0 radical (unpaired) electrons. The van der Waals surface area contributed by atoms with Crippen LogP contribution in [0.2, 0.25) is 0 Å². The minimum absolute atomic E-state index is 0.723. The van der Waals surface area contributed by atoms with E-state index in [1.54, 1.807) is 0 Å². The van der Waals surface area contributed by atoms with Gasteiger partial charge in [0.15, 0.2) is 0 Å². The second-order valence-corrected chi connectivity index (χ2v) is 6.75. The summed E-state index contributed by atoms with van der Waals surface area (Å²) in [5.74, 6) is 0.759. The maximum atomic E-state index is 3.77. The van der Waals surface area contributed by atoms with Gasteiger partial charge in [0.25, 0.3) is 0 Å². The molecule has 1 fully saturated rings. The fourth-order valence-corrected chi connectivity index (χ4v) is 3.14. The Hall–Kier alpha value is -0.120. The van der Waals surface area contributed by atoms with Gasteiger partial charge in [0.05, 0.1) is 0 Å². The first-order valence-corrected chi connectivity index (χ1v) is 8.16. The van der Waals surface area contributed by atoms with Crippen LogP contribution in [0.5, 0.6) is 0 Å². The first-order chi connectivity index (χ1) is 9.04. The fourth-order valence-electron chi connectivity index (χ4n) is 3.14. The predicted molar refractivity (Wildman–Crippen MR) is 84.7 cm³/mol. The van der Waals surface area contributed by atoms with Crippen molar-refractivity contribution in [3.8, 4) is 0 Å². The lowest BCUT2D eigenvalue weighted by Gasteiger charge is -2.35. The smallest absolute Gasteiger partial charge is 0.0250 e. The molecule has 0 aromatic rings. The topological polar surface area (TPSA) is 18.5 Å². The molecule has 0 spiro atoms. The molecule has 0 aromatic heterocycles. The Labute approximate surface area is 120 Å². The molecule has 19 heavy (non-hydrogen) atoms. The fraction of sp³-hybridized carbons (Fsp3) is 1.00. The lowest BCUT2D eigenvalue weighted by Crippen LogP contribution is -2.50. The van der Waals surface area contributed by atoms with E-state index < -0.39 is 0 Å². The van der Waals surface area contributed by atoms with Gasteiger partial charge in [-0.1, -0.05) is 27.2 Å². The Morgan fingerprint density at radius 3 is 2.47 bits per heavy atom. The summed E-state index contributed by atoms with van der Waals surface area (Å²) in [5.41, 5.74) is 0. The number of nitrogens with one attached hydrogen (secondary N) is 1. The van der Waals surface area contributed by atoms with Crippen LogP contribution in [-0.2, 0) is 0 Å². The summed E-state index contributed by atoms with van der Waals surface area (Å²) in [6, 6.07) is 1.48. The van der Waals surface area contributed by atoms with Crippen LogP contribution in [0, 0.1) is 5.92 Å². The summed E-state index contributed by atoms with van der Waals surface area (Å²) in [6.07, 6.45) is 5.37. The maximum absolute atomic E-state index is 3.77. The summed E-state index contributed by atoms with van der Waals surface area (Å²) in [4.78, 5) is 5.04. The van der Waals surface area contributed by atoms with E-state index in [9.17, 15) is 0 Å². The van der Waals surface area contributed by atoms with Gasteiger partial charge in [-0.15, -0.1) is 0 Å². The molecule has 3 heteroatoms. The van der Waals surface area contributed by atoms with E-state index in [-0.39, 0.29) is 0 Å². The zero-order chi connectivity index (χ0) is 14.3. The third-order valence-electron chi connectivity index (χ3n) is 4.04. The average molecular weight is 269 g/mol. The van der Waals surface area contributed by atoms with Crippen LogP contribution in [0.25, 0.3) is 0 Å². The molecule has 0 heterocycles. The molecule has 0 amide bonds. The number of hydrogen-bond donors (Lipinski definition) is 1. The number of rotatable bonds is 9. The highest BCUT2D eigenvalue weighted by atomic mass is 15.2. The third-order valence-corrected chi connectivity index (χ3v) is 4.04. The summed E-state index contributed by atoms with van der Waals surface area (Å²) >= 11 is 0. The van der Waals surface area contributed by atoms with Crippen LogP contribution in [0.15, 0.2) is 0 Å². The molecule has 2 unspecified atom stereocenters. The highest BCUT2D eigenvalue weighted by Gasteiger charge is 2.31. The molecule has 1 aliphatic rings. The standard InChI is InChI=1S/C16H35N3/c1-6-10-17-15-8-7-9-16(15)19(13-14(2)3)12-11-18(4)5/h14-17H,6-13H2,1-5H3. The first kappa shape index (κ1) is 16.9. The summed E-state index contributed by atoms with van der Waals surface area (Å²) in [7, 11) is 4.35. The molecular weight excluding hydrogens is 234 g/mol. The van der Waals surface area contributed by atoms with Gasteiger partial charge in [0.2, 0.25) is 0 Å². The van der Waals surface area contributed by atoms with Gasteiger partial charge in [-0.25, -0.2) is 0 Å². The average Bonchev–Trinajstić information content (AvgIpc) is 2.79. The van der Waals surface area contributed by atoms with E-state index in [1.807, 2.05) is 0 Å². The Bertz CT molecular complexity index is 228. The monoisotopic (exact) mass is 269 g/mol. The second-order valence-electron chi connectivity index (χ2n) is 6.75. The van der Waals surface area contributed by atoms with Gasteiger partial charge >= 0.3 is 0 Å². The molecule has 1 aliphatic carbocycles. The molecule has 2 atom stereocenters. The first-order valence-electron chi connectivity index (χ1n) is 8.16. The Balaban J connectivity index is 2.55. The zero-order valence-electron chi connectivity index (χ0n) is 13.8. The minimum atomic E-state index is 0.723. The van der Waals surface area contributed by atoms with Crippen molar-refractivity contribution >= 4 is 0 Å². The van der Waals surface area contributed by atoms with Crippen molar-refractivity contribution in [1.82, 2.24) is 15.1 Å². The molecule has 1 N–H and O–H groups in total. The number of nitrogens with zero attached hydrogens (tertiary/aromatic N) is 2. The van der Waals surface area contributed by atoms with E-state index in [2.05, 4.69) is 50.0 Å². The Kier molecular flexibility index (Phi) is 7.96. The largest absolute Gasteiger partial charge is 0.312 e. The molecule has 0 aromatic carbocycles. The van der Waals surface area contributed by atoms with E-state index in [1.165, 1.54) is 51.9 Å². The van der Waals surface area contributed by atoms with Crippen molar-refractivity contribution in [2.45, 2.75) is 58.5 Å². The number of likely N-dealkylation sites (N-methyl/N-ethyl adjacent to an activating group) is 1. The number of hydrogen-bond acceptors (Lipinski definition) is 3. The van der Waals surface area contributed by atoms with Crippen molar-refractivity contribution < 1.29 is 0 Å². The van der Waals surface area contributed by atoms with E-state index in [4.69, 9.17) is 0 Å². The molecule has 3 nitrogen and oxygen atoms in total. The molecule has 0 bridgehead atoms. The van der Waals surface area contributed by atoms with Gasteiger partial charge < -0.3 is 10.2 Å². The highest BCUT2D eigenvalue weighted by Crippen LogP contribution is 2.25. The van der Waals surface area contributed by atoms with E-state index in [0.717, 1.165) is 18.0 Å². The van der Waals surface area contributed by atoms with Crippen LogP contribution in [0.3, 0.4) is 0 Å². The third kappa shape index (κ3) is 6.24. The van der Waals surface area contributed by atoms with Crippen LogP contribution in [0.1, 0.15) is 46.5 Å². The Morgan fingerprint density at radius 1 is 1.16 bits per heavy atom. The van der Waals surface area contributed by atoms with Crippen LogP contribution < -0.4 is 5.32 Å². The lowest BCUT2D eigenvalue weighted by atomic mass is 10.1. The predicted octanol–water partition coefficient (Wildman–Crippen LogP) is 2.43. The second kappa shape index (κ2) is 8.93. The Morgan fingerprint density at radius 2 is 1.89 bits per heavy atom. The van der Waals surface area contributed by atoms with Crippen molar-refractivity contribution in [2.24, 2.45) is 5.92 Å². The molecule has 0 aliphatic heterocycles.